The van der Waals surface area contributed by atoms with E-state index in [-0.39, 0.29) is 0 Å². The molecule has 0 heterocycles. The molecule has 1 rings (SSSR count). The zero-order valence-corrected chi connectivity index (χ0v) is 19.4. The van der Waals surface area contributed by atoms with Crippen LogP contribution in [0.15, 0.2) is 0 Å². The van der Waals surface area contributed by atoms with Crippen LogP contribution in [0.25, 0.3) is 0 Å². The Kier molecular flexibility index (Phi) is 9.16. The SMILES string of the molecule is CC(=O)OC1[C@@H](OC(C)=O)[C@@H](N(C)C(C)=O)C(OC(C)=O)[C@@H](N(C)C(C)=O)[C@H]1OC(C)=O. The zero-order valence-electron chi connectivity index (χ0n) is 19.4. The van der Waals surface area contributed by atoms with Gasteiger partial charge in [-0.25, -0.2) is 0 Å². The predicted molar refractivity (Wildman–Crippen MR) is 107 cm³/mol. The smallest absolute Gasteiger partial charge is 0.303 e. The lowest BCUT2D eigenvalue weighted by Gasteiger charge is -2.52. The van der Waals surface area contributed by atoms with Crippen LogP contribution in [-0.4, -0.2) is 96.1 Å². The summed E-state index contributed by atoms with van der Waals surface area (Å²) >= 11 is 0. The fraction of sp³-hybridized carbons (Fsp3) is 0.700. The number of nitrogens with zero attached hydrogens (tertiary/aromatic N) is 2. The average Bonchev–Trinajstić information content (AvgIpc) is 2.62. The van der Waals surface area contributed by atoms with Gasteiger partial charge in [-0.15, -0.1) is 0 Å². The Morgan fingerprint density at radius 1 is 0.469 bits per heavy atom. The van der Waals surface area contributed by atoms with Gasteiger partial charge in [0.25, 0.3) is 0 Å². The number of likely N-dealkylation sites (N-methyl/N-ethyl adjacent to an activating group) is 2. The highest BCUT2D eigenvalue weighted by atomic mass is 16.6. The summed E-state index contributed by atoms with van der Waals surface area (Å²) in [5, 5.41) is 0. The molecule has 12 heteroatoms. The Hall–Kier alpha value is -3.18. The van der Waals surface area contributed by atoms with Gasteiger partial charge in [0.1, 0.15) is 18.2 Å². The zero-order chi connectivity index (χ0) is 24.9. The number of amides is 2. The standard InChI is InChI=1S/C20H30N2O10/c1-9(23)21(7)15-17(29-11(3)25)16(22(8)10(2)24)19(31-13(5)27)20(32-14(6)28)18(15)30-12(4)26/h15-20H,1-8H3/t15-,16+,17?,18-,19+,20?. The molecule has 1 saturated carbocycles. The highest BCUT2D eigenvalue weighted by molar-refractivity contribution is 5.76. The molecule has 0 spiro atoms. The van der Waals surface area contributed by atoms with Crippen molar-refractivity contribution in [2.24, 2.45) is 0 Å². The summed E-state index contributed by atoms with van der Waals surface area (Å²) in [4.78, 5) is 74.6. The Morgan fingerprint density at radius 3 is 0.969 bits per heavy atom. The number of hydrogen-bond donors (Lipinski definition) is 0. The van der Waals surface area contributed by atoms with Crippen molar-refractivity contribution in [2.75, 3.05) is 14.1 Å². The Balaban J connectivity index is 3.87. The molecule has 180 valence electrons. The maximum Gasteiger partial charge on any atom is 0.303 e. The number of rotatable bonds is 6. The lowest BCUT2D eigenvalue weighted by Crippen LogP contribution is -2.74. The van der Waals surface area contributed by atoms with E-state index in [1.54, 1.807) is 0 Å². The minimum atomic E-state index is -1.41. The molecule has 2 amide bonds. The minimum absolute atomic E-state index is 0.485. The number of ether oxygens (including phenoxy) is 4. The molecule has 0 bridgehead atoms. The van der Waals surface area contributed by atoms with Crippen LogP contribution in [0.2, 0.25) is 0 Å². The molecule has 1 aliphatic rings. The van der Waals surface area contributed by atoms with E-state index in [1.165, 1.54) is 27.9 Å². The third-order valence-electron chi connectivity index (χ3n) is 5.09. The van der Waals surface area contributed by atoms with Crippen LogP contribution in [0.1, 0.15) is 41.5 Å². The molecule has 1 fully saturated rings. The van der Waals surface area contributed by atoms with Crippen LogP contribution in [0.3, 0.4) is 0 Å². The van der Waals surface area contributed by atoms with Gasteiger partial charge in [0.15, 0.2) is 18.3 Å². The van der Waals surface area contributed by atoms with Crippen LogP contribution in [0.5, 0.6) is 0 Å². The molecular weight excluding hydrogens is 428 g/mol. The summed E-state index contributed by atoms with van der Waals surface area (Å²) in [6, 6.07) is -2.36. The summed E-state index contributed by atoms with van der Waals surface area (Å²) in [6.07, 6.45) is -5.47. The van der Waals surface area contributed by atoms with Gasteiger partial charge in [-0.05, 0) is 0 Å². The third kappa shape index (κ3) is 6.41. The first-order valence-electron chi connectivity index (χ1n) is 9.84. The van der Waals surface area contributed by atoms with Gasteiger partial charge in [-0.1, -0.05) is 0 Å². The van der Waals surface area contributed by atoms with Crippen molar-refractivity contribution >= 4 is 35.7 Å². The Labute approximate surface area is 186 Å². The second kappa shape index (κ2) is 10.9. The van der Waals surface area contributed by atoms with E-state index >= 15 is 0 Å². The van der Waals surface area contributed by atoms with Gasteiger partial charge in [0.2, 0.25) is 11.8 Å². The maximum absolute atomic E-state index is 12.3. The summed E-state index contributed by atoms with van der Waals surface area (Å²) < 4.78 is 21.7. The van der Waals surface area contributed by atoms with Gasteiger partial charge in [0.05, 0.1) is 0 Å². The molecule has 0 aromatic rings. The molecule has 0 aromatic carbocycles. The summed E-state index contributed by atoms with van der Waals surface area (Å²) in [5.74, 6) is -4.08. The van der Waals surface area contributed by atoms with E-state index < -0.39 is 72.2 Å². The van der Waals surface area contributed by atoms with E-state index in [1.807, 2.05) is 0 Å². The van der Waals surface area contributed by atoms with Crippen molar-refractivity contribution in [1.82, 2.24) is 9.80 Å². The second-order valence-electron chi connectivity index (χ2n) is 7.54. The predicted octanol–water partition coefficient (Wildman–Crippen LogP) is -0.579. The van der Waals surface area contributed by atoms with Crippen molar-refractivity contribution in [3.63, 3.8) is 0 Å². The quantitative estimate of drug-likeness (QED) is 0.374. The van der Waals surface area contributed by atoms with E-state index in [9.17, 15) is 28.8 Å². The molecular formula is C20H30N2O10. The van der Waals surface area contributed by atoms with Gasteiger partial charge in [0, 0.05) is 55.6 Å². The van der Waals surface area contributed by atoms with Crippen molar-refractivity contribution in [1.29, 1.82) is 0 Å². The third-order valence-corrected chi connectivity index (χ3v) is 5.09. The fourth-order valence-corrected chi connectivity index (χ4v) is 3.77. The number of esters is 4. The van der Waals surface area contributed by atoms with Crippen LogP contribution in [-0.2, 0) is 47.7 Å². The van der Waals surface area contributed by atoms with Crippen LogP contribution >= 0.6 is 0 Å². The first-order valence-corrected chi connectivity index (χ1v) is 9.84. The molecule has 0 aromatic heterocycles. The average molecular weight is 458 g/mol. The van der Waals surface area contributed by atoms with Gasteiger partial charge in [-0.2, -0.15) is 0 Å². The van der Waals surface area contributed by atoms with E-state index in [2.05, 4.69) is 0 Å². The largest absolute Gasteiger partial charge is 0.458 e. The molecule has 0 aliphatic heterocycles. The van der Waals surface area contributed by atoms with Crippen LogP contribution in [0.4, 0.5) is 0 Å². The monoisotopic (exact) mass is 458 g/mol. The molecule has 1 aliphatic carbocycles. The van der Waals surface area contributed by atoms with Crippen molar-refractivity contribution in [3.05, 3.63) is 0 Å². The van der Waals surface area contributed by atoms with E-state index in [4.69, 9.17) is 18.9 Å². The lowest BCUT2D eigenvalue weighted by molar-refractivity contribution is -0.229. The van der Waals surface area contributed by atoms with Gasteiger partial charge >= 0.3 is 23.9 Å². The second-order valence-corrected chi connectivity index (χ2v) is 7.54. The number of hydrogen-bond acceptors (Lipinski definition) is 10. The summed E-state index contributed by atoms with van der Waals surface area (Å²) in [6.45, 7) is 6.89. The first-order chi connectivity index (χ1) is 14.7. The van der Waals surface area contributed by atoms with E-state index in [0.717, 1.165) is 37.5 Å². The number of carbonyl (C=O) groups excluding carboxylic acids is 6. The fourth-order valence-electron chi connectivity index (χ4n) is 3.77. The Morgan fingerprint density at radius 2 is 0.719 bits per heavy atom. The molecule has 12 nitrogen and oxygen atoms in total. The molecule has 0 saturated heterocycles. The highest BCUT2D eigenvalue weighted by Gasteiger charge is 2.60. The summed E-state index contributed by atoms with van der Waals surface area (Å²) in [7, 11) is 2.75. The van der Waals surface area contributed by atoms with Crippen molar-refractivity contribution in [3.8, 4) is 0 Å². The van der Waals surface area contributed by atoms with Crippen LogP contribution in [0, 0.1) is 0 Å². The van der Waals surface area contributed by atoms with E-state index in [0.29, 0.717) is 0 Å². The molecule has 0 N–H and O–H groups in total. The lowest BCUT2D eigenvalue weighted by atomic mass is 9.79. The Bertz CT molecular complexity index is 734. The maximum atomic E-state index is 12.3. The molecule has 6 atom stereocenters. The van der Waals surface area contributed by atoms with Crippen molar-refractivity contribution < 1.29 is 47.7 Å². The first kappa shape index (κ1) is 26.9. The van der Waals surface area contributed by atoms with Crippen molar-refractivity contribution in [2.45, 2.75) is 78.0 Å². The number of carbonyl (C=O) groups is 6. The normalized spacial score (nSPS) is 26.9. The topological polar surface area (TPSA) is 146 Å². The molecule has 2 unspecified atom stereocenters. The minimum Gasteiger partial charge on any atom is -0.458 e. The molecule has 0 radical (unpaired) electrons. The molecule has 32 heavy (non-hydrogen) atoms. The van der Waals surface area contributed by atoms with Crippen LogP contribution < -0.4 is 0 Å². The highest BCUT2D eigenvalue weighted by Crippen LogP contribution is 2.35. The van der Waals surface area contributed by atoms with Gasteiger partial charge < -0.3 is 28.7 Å². The summed E-state index contributed by atoms with van der Waals surface area (Å²) in [5.41, 5.74) is 0. The van der Waals surface area contributed by atoms with Gasteiger partial charge in [-0.3, -0.25) is 28.8 Å².